The summed E-state index contributed by atoms with van der Waals surface area (Å²) in [5.41, 5.74) is 6.48. The Balaban J connectivity index is 2.32. The topological polar surface area (TPSA) is 113 Å². The van der Waals surface area contributed by atoms with Gasteiger partial charge in [0, 0.05) is 28.9 Å². The lowest BCUT2D eigenvalue weighted by Crippen LogP contribution is -2.24. The molecule has 29 heavy (non-hydrogen) atoms. The third-order valence-corrected chi connectivity index (χ3v) is 6.54. The molecule has 0 bridgehead atoms. The molecule has 0 amide bonds. The number of nitrogen functional groups attached to an aromatic ring is 1. The van der Waals surface area contributed by atoms with Crippen molar-refractivity contribution in [2.75, 3.05) is 18.1 Å². The molecule has 1 aliphatic carbocycles. The molecule has 0 saturated carbocycles. The van der Waals surface area contributed by atoms with Gasteiger partial charge in [-0.1, -0.05) is 27.7 Å². The van der Waals surface area contributed by atoms with Gasteiger partial charge in [0.15, 0.2) is 0 Å². The van der Waals surface area contributed by atoms with Gasteiger partial charge in [-0.05, 0) is 12.1 Å². The monoisotopic (exact) mass is 432 g/mol. The number of hydrogen-bond donors (Lipinski definition) is 4. The molecule has 154 valence electrons. The molecule has 0 aliphatic heterocycles. The summed E-state index contributed by atoms with van der Waals surface area (Å²) in [6, 6.07) is 3.17. The summed E-state index contributed by atoms with van der Waals surface area (Å²) in [6.45, 7) is 7.84. The first kappa shape index (κ1) is 21.4. The molecule has 3 rings (SSSR count). The molecule has 0 heterocycles. The van der Waals surface area contributed by atoms with E-state index in [0.29, 0.717) is 15.5 Å². The fourth-order valence-corrected chi connectivity index (χ4v) is 5.20. The Morgan fingerprint density at radius 2 is 1.28 bits per heavy atom. The number of anilines is 2. The summed E-state index contributed by atoms with van der Waals surface area (Å²) < 4.78 is 0. The third-order valence-electron chi connectivity index (χ3n) is 4.46. The maximum absolute atomic E-state index is 13.4. The Morgan fingerprint density at radius 1 is 0.828 bits per heavy atom. The number of rotatable bonds is 5. The first-order valence-corrected chi connectivity index (χ1v) is 11.0. The van der Waals surface area contributed by atoms with Crippen molar-refractivity contribution in [3.05, 3.63) is 34.4 Å². The molecule has 0 saturated heterocycles. The quantitative estimate of drug-likeness (QED) is 0.265. The van der Waals surface area contributed by atoms with Crippen molar-refractivity contribution in [2.24, 2.45) is 0 Å². The largest absolute Gasteiger partial charge is 0.506 e. The van der Waals surface area contributed by atoms with Crippen LogP contribution in [0, 0.1) is 0 Å². The first-order valence-electron chi connectivity index (χ1n) is 9.24. The summed E-state index contributed by atoms with van der Waals surface area (Å²) in [7, 11) is 1.64. The van der Waals surface area contributed by atoms with Crippen LogP contribution in [0.1, 0.15) is 59.5 Å². The highest BCUT2D eigenvalue weighted by Crippen LogP contribution is 2.48. The van der Waals surface area contributed by atoms with Crippen LogP contribution in [0.15, 0.2) is 21.9 Å². The van der Waals surface area contributed by atoms with Crippen molar-refractivity contribution in [3.8, 4) is 11.5 Å². The number of nitrogens with two attached hydrogens (primary N) is 1. The molecule has 1 aliphatic rings. The van der Waals surface area contributed by atoms with Crippen molar-refractivity contribution in [3.63, 3.8) is 0 Å². The van der Waals surface area contributed by atoms with Crippen LogP contribution in [0.2, 0.25) is 0 Å². The average molecular weight is 433 g/mol. The number of aromatic hydroxyl groups is 2. The number of thioether (sulfide) groups is 2. The van der Waals surface area contributed by atoms with Crippen LogP contribution in [-0.4, -0.2) is 39.3 Å². The Morgan fingerprint density at radius 3 is 1.76 bits per heavy atom. The minimum absolute atomic E-state index is 0.0528. The van der Waals surface area contributed by atoms with Gasteiger partial charge in [0.05, 0.1) is 32.0 Å². The molecule has 2 aromatic rings. The summed E-state index contributed by atoms with van der Waals surface area (Å²) >= 11 is 2.75. The Hall–Kier alpha value is -2.32. The molecule has 0 fully saturated rings. The Labute approximate surface area is 178 Å². The van der Waals surface area contributed by atoms with E-state index in [1.807, 2.05) is 27.7 Å². The minimum Gasteiger partial charge on any atom is -0.506 e. The number of ketones is 2. The van der Waals surface area contributed by atoms with Crippen LogP contribution in [0.5, 0.6) is 11.5 Å². The summed E-state index contributed by atoms with van der Waals surface area (Å²) in [5, 5.41) is 24.9. The van der Waals surface area contributed by atoms with E-state index < -0.39 is 11.6 Å². The summed E-state index contributed by atoms with van der Waals surface area (Å²) in [4.78, 5) is 27.7. The van der Waals surface area contributed by atoms with E-state index in [1.165, 1.54) is 29.6 Å². The molecule has 0 aromatic heterocycles. The maximum atomic E-state index is 13.4. The third kappa shape index (κ3) is 3.55. The average Bonchev–Trinajstić information content (AvgIpc) is 2.62. The zero-order valence-electron chi connectivity index (χ0n) is 16.9. The predicted molar refractivity (Wildman–Crippen MR) is 119 cm³/mol. The summed E-state index contributed by atoms with van der Waals surface area (Å²) in [6.07, 6.45) is 0. The fraction of sp³-hybridized carbons (Fsp3) is 0.333. The highest BCUT2D eigenvalue weighted by Gasteiger charge is 2.39. The molecule has 0 atom stereocenters. The lowest BCUT2D eigenvalue weighted by molar-refractivity contribution is 0.0974. The Bertz CT molecular complexity index is 1030. The number of benzene rings is 2. The van der Waals surface area contributed by atoms with E-state index in [1.54, 1.807) is 13.1 Å². The number of phenols is 2. The zero-order chi connectivity index (χ0) is 21.6. The van der Waals surface area contributed by atoms with Crippen molar-refractivity contribution in [1.29, 1.82) is 0 Å². The van der Waals surface area contributed by atoms with Crippen LogP contribution in [0.3, 0.4) is 0 Å². The minimum atomic E-state index is -0.566. The molecule has 2 aromatic carbocycles. The number of fused-ring (bicyclic) bond motifs is 2. The van der Waals surface area contributed by atoms with E-state index in [4.69, 9.17) is 5.73 Å². The van der Waals surface area contributed by atoms with Crippen molar-refractivity contribution in [1.82, 2.24) is 0 Å². The second-order valence-corrected chi connectivity index (χ2v) is 10.6. The SMILES string of the molecule is CNc1cc(SC(C)C)c(O)c2c1C(=O)c1c(O)c(SC(C)C)cc(N)c1C2=O. The van der Waals surface area contributed by atoms with E-state index in [-0.39, 0.29) is 49.9 Å². The van der Waals surface area contributed by atoms with Gasteiger partial charge in [-0.15, -0.1) is 23.5 Å². The van der Waals surface area contributed by atoms with Gasteiger partial charge in [0.1, 0.15) is 11.5 Å². The molecule has 5 N–H and O–H groups in total. The Kier molecular flexibility index (Phi) is 5.78. The molecule has 0 radical (unpaired) electrons. The standard InChI is InChI=1S/C21H24N2O4S2/c1-8(2)28-12-6-10(22)14-16(18(12)24)21(27)15-11(23-5)7-13(29-9(3)4)19(25)17(15)20(14)26/h6-9,23-25H,22H2,1-5H3. The lowest BCUT2D eigenvalue weighted by Gasteiger charge is -2.25. The van der Waals surface area contributed by atoms with Crippen molar-refractivity contribution in [2.45, 2.75) is 48.0 Å². The number of nitrogens with one attached hydrogen (secondary N) is 1. The second kappa shape index (κ2) is 7.84. The zero-order valence-corrected chi connectivity index (χ0v) is 18.5. The number of carbonyl (C=O) groups excluding carboxylic acids is 2. The van der Waals surface area contributed by atoms with Crippen molar-refractivity contribution >= 4 is 46.5 Å². The van der Waals surface area contributed by atoms with Gasteiger partial charge in [-0.3, -0.25) is 9.59 Å². The molecule has 0 unspecified atom stereocenters. The summed E-state index contributed by atoms with van der Waals surface area (Å²) in [5.74, 6) is -1.59. The van der Waals surface area contributed by atoms with Crippen LogP contribution in [-0.2, 0) is 0 Å². The molecule has 8 heteroatoms. The van der Waals surface area contributed by atoms with Crippen LogP contribution >= 0.6 is 23.5 Å². The van der Waals surface area contributed by atoms with Crippen molar-refractivity contribution < 1.29 is 19.8 Å². The second-order valence-electron chi connectivity index (χ2n) is 7.32. The van der Waals surface area contributed by atoms with Gasteiger partial charge in [0.25, 0.3) is 0 Å². The van der Waals surface area contributed by atoms with Gasteiger partial charge < -0.3 is 21.3 Å². The smallest absolute Gasteiger partial charge is 0.200 e. The van der Waals surface area contributed by atoms with Gasteiger partial charge in [-0.2, -0.15) is 0 Å². The maximum Gasteiger partial charge on any atom is 0.200 e. The van der Waals surface area contributed by atoms with Gasteiger partial charge in [0.2, 0.25) is 11.6 Å². The number of hydrogen-bond acceptors (Lipinski definition) is 8. The first-order chi connectivity index (χ1) is 13.6. The fourth-order valence-electron chi connectivity index (χ4n) is 3.37. The molecule has 0 spiro atoms. The van der Waals surface area contributed by atoms with E-state index >= 15 is 0 Å². The molecular weight excluding hydrogens is 408 g/mol. The lowest BCUT2D eigenvalue weighted by atomic mass is 9.81. The van der Waals surface area contributed by atoms with E-state index in [2.05, 4.69) is 5.32 Å². The van der Waals surface area contributed by atoms with Crippen LogP contribution < -0.4 is 11.1 Å². The highest BCUT2D eigenvalue weighted by atomic mass is 32.2. The van der Waals surface area contributed by atoms with Gasteiger partial charge in [-0.25, -0.2) is 0 Å². The van der Waals surface area contributed by atoms with Gasteiger partial charge >= 0.3 is 0 Å². The van der Waals surface area contributed by atoms with Crippen LogP contribution in [0.25, 0.3) is 0 Å². The number of phenolic OH excluding ortho intramolecular Hbond substituents is 2. The highest BCUT2D eigenvalue weighted by molar-refractivity contribution is 8.00. The normalized spacial score (nSPS) is 13.1. The molecule has 6 nitrogen and oxygen atoms in total. The predicted octanol–water partition coefficient (Wildman–Crippen LogP) is 4.50. The van der Waals surface area contributed by atoms with E-state index in [0.717, 1.165) is 0 Å². The molecular formula is C21H24N2O4S2. The van der Waals surface area contributed by atoms with Crippen LogP contribution in [0.4, 0.5) is 11.4 Å². The van der Waals surface area contributed by atoms with E-state index in [9.17, 15) is 19.8 Å². The number of carbonyl (C=O) groups is 2.